The van der Waals surface area contributed by atoms with Gasteiger partial charge in [0, 0.05) is 11.4 Å². The number of nitrogens with zero attached hydrogens (tertiary/aromatic N) is 1. The number of halogens is 1. The van der Waals surface area contributed by atoms with E-state index in [1.807, 2.05) is 37.3 Å². The zero-order valence-electron chi connectivity index (χ0n) is 16.3. The van der Waals surface area contributed by atoms with Gasteiger partial charge in [0.15, 0.2) is 0 Å². The Morgan fingerprint density at radius 1 is 1.18 bits per heavy atom. The van der Waals surface area contributed by atoms with Gasteiger partial charge in [-0.2, -0.15) is 5.10 Å². The number of aromatic amines is 1. The second kappa shape index (κ2) is 8.48. The summed E-state index contributed by atoms with van der Waals surface area (Å²) in [6, 6.07) is 11.6. The van der Waals surface area contributed by atoms with Crippen molar-refractivity contribution in [3.8, 4) is 5.75 Å². The van der Waals surface area contributed by atoms with Crippen LogP contribution in [0, 0.1) is 13.8 Å². The summed E-state index contributed by atoms with van der Waals surface area (Å²) in [6.45, 7) is 4.13. The molecule has 0 aliphatic carbocycles. The lowest BCUT2D eigenvalue weighted by Gasteiger charge is -2.12. The zero-order chi connectivity index (χ0) is 20.3. The normalized spacial score (nSPS) is 10.9. The Bertz CT molecular complexity index is 1010. The van der Waals surface area contributed by atoms with Crippen LogP contribution in [0.2, 0.25) is 5.02 Å². The fraction of sp³-hybridized carbons (Fsp3) is 0.273. The average molecular weight is 398 g/mol. The molecule has 0 saturated heterocycles. The van der Waals surface area contributed by atoms with Gasteiger partial charge < -0.3 is 10.5 Å². The summed E-state index contributed by atoms with van der Waals surface area (Å²) in [5, 5.41) is 8.02. The maximum absolute atomic E-state index is 12.1. The highest BCUT2D eigenvalue weighted by molar-refractivity contribution is 6.30. The fourth-order valence-corrected chi connectivity index (χ4v) is 3.68. The predicted octanol–water partition coefficient (Wildman–Crippen LogP) is 4.16. The molecule has 0 bridgehead atoms. The topological polar surface area (TPSA) is 81.0 Å². The SMILES string of the molecule is COc1ccc(CCc2n[nH]c(Cc3cccc(Cl)c3)c2C(N)=O)c(C)c1C. The van der Waals surface area contributed by atoms with Gasteiger partial charge in [0.2, 0.25) is 0 Å². The number of hydrogen-bond donors (Lipinski definition) is 2. The van der Waals surface area contributed by atoms with Crippen molar-refractivity contribution in [3.05, 3.63) is 80.6 Å². The standard InChI is InChI=1S/C22H24ClN3O2/c1-13-14(2)20(28-3)10-8-16(13)7-9-18-21(22(24)27)19(26-25-18)12-15-5-4-6-17(23)11-15/h4-6,8,10-11H,7,9,12H2,1-3H3,(H2,24,27)(H,25,26). The molecule has 0 fully saturated rings. The minimum atomic E-state index is -0.469. The third-order valence-corrected chi connectivity index (χ3v) is 5.37. The number of aromatic nitrogens is 2. The van der Waals surface area contributed by atoms with Gasteiger partial charge in [-0.05, 0) is 67.1 Å². The molecule has 3 rings (SSSR count). The highest BCUT2D eigenvalue weighted by Crippen LogP contribution is 2.25. The molecule has 5 nitrogen and oxygen atoms in total. The van der Waals surface area contributed by atoms with Crippen molar-refractivity contribution < 1.29 is 9.53 Å². The number of benzene rings is 2. The number of nitrogens with one attached hydrogen (secondary N) is 1. The van der Waals surface area contributed by atoms with Crippen molar-refractivity contribution in [1.29, 1.82) is 0 Å². The van der Waals surface area contributed by atoms with Crippen molar-refractivity contribution >= 4 is 17.5 Å². The molecule has 0 spiro atoms. The molecule has 0 aliphatic heterocycles. The number of primary amides is 1. The molecule has 0 unspecified atom stereocenters. The number of methoxy groups -OCH3 is 1. The molecular weight excluding hydrogens is 374 g/mol. The molecule has 0 atom stereocenters. The van der Waals surface area contributed by atoms with Gasteiger partial charge in [0.1, 0.15) is 5.75 Å². The van der Waals surface area contributed by atoms with Crippen LogP contribution in [0.3, 0.4) is 0 Å². The van der Waals surface area contributed by atoms with E-state index in [1.54, 1.807) is 7.11 Å². The van der Waals surface area contributed by atoms with Crippen LogP contribution < -0.4 is 10.5 Å². The van der Waals surface area contributed by atoms with E-state index in [2.05, 4.69) is 23.2 Å². The van der Waals surface area contributed by atoms with Crippen LogP contribution in [-0.2, 0) is 19.3 Å². The van der Waals surface area contributed by atoms with Gasteiger partial charge >= 0.3 is 0 Å². The van der Waals surface area contributed by atoms with E-state index >= 15 is 0 Å². The molecule has 146 valence electrons. The molecule has 1 heterocycles. The molecule has 28 heavy (non-hydrogen) atoms. The smallest absolute Gasteiger partial charge is 0.252 e. The van der Waals surface area contributed by atoms with Gasteiger partial charge in [-0.25, -0.2) is 0 Å². The number of nitrogens with two attached hydrogens (primary N) is 1. The Labute approximate surface area is 169 Å². The van der Waals surface area contributed by atoms with E-state index < -0.39 is 5.91 Å². The Kier molecular flexibility index (Phi) is 6.05. The minimum absolute atomic E-state index is 0.469. The molecule has 2 aromatic carbocycles. The van der Waals surface area contributed by atoms with Gasteiger partial charge in [0.25, 0.3) is 5.91 Å². The molecule has 0 radical (unpaired) electrons. The summed E-state index contributed by atoms with van der Waals surface area (Å²) in [5.41, 5.74) is 12.1. The number of aryl methyl sites for hydroxylation is 2. The Morgan fingerprint density at radius 3 is 2.64 bits per heavy atom. The van der Waals surface area contributed by atoms with Crippen LogP contribution in [0.5, 0.6) is 5.75 Å². The first kappa shape index (κ1) is 20.0. The number of carbonyl (C=O) groups excluding carboxylic acids is 1. The van der Waals surface area contributed by atoms with E-state index in [0.29, 0.717) is 34.8 Å². The number of ether oxygens (including phenoxy) is 1. The fourth-order valence-electron chi connectivity index (χ4n) is 3.47. The molecule has 1 amide bonds. The van der Waals surface area contributed by atoms with E-state index in [0.717, 1.165) is 23.3 Å². The summed E-state index contributed by atoms with van der Waals surface area (Å²) in [5.74, 6) is 0.408. The maximum Gasteiger partial charge on any atom is 0.252 e. The molecular formula is C22H24ClN3O2. The first-order valence-corrected chi connectivity index (χ1v) is 9.52. The number of hydrogen-bond acceptors (Lipinski definition) is 3. The van der Waals surface area contributed by atoms with E-state index in [9.17, 15) is 4.79 Å². The van der Waals surface area contributed by atoms with Crippen LogP contribution in [0.25, 0.3) is 0 Å². The number of H-pyrrole nitrogens is 1. The van der Waals surface area contributed by atoms with Crippen molar-refractivity contribution in [3.63, 3.8) is 0 Å². The van der Waals surface area contributed by atoms with E-state index in [-0.39, 0.29) is 0 Å². The van der Waals surface area contributed by atoms with Crippen molar-refractivity contribution in [2.45, 2.75) is 33.1 Å². The van der Waals surface area contributed by atoms with Crippen LogP contribution in [0.4, 0.5) is 0 Å². The van der Waals surface area contributed by atoms with Gasteiger partial charge in [-0.15, -0.1) is 0 Å². The Morgan fingerprint density at radius 2 is 1.96 bits per heavy atom. The molecule has 1 aromatic heterocycles. The van der Waals surface area contributed by atoms with Crippen molar-refractivity contribution in [1.82, 2.24) is 10.2 Å². The van der Waals surface area contributed by atoms with Gasteiger partial charge in [-0.1, -0.05) is 29.8 Å². The second-order valence-corrected chi connectivity index (χ2v) is 7.31. The summed E-state index contributed by atoms with van der Waals surface area (Å²) in [6.07, 6.45) is 1.90. The lowest BCUT2D eigenvalue weighted by atomic mass is 9.96. The van der Waals surface area contributed by atoms with Crippen LogP contribution in [-0.4, -0.2) is 23.2 Å². The van der Waals surface area contributed by atoms with E-state index in [1.165, 1.54) is 11.1 Å². The highest BCUT2D eigenvalue weighted by Gasteiger charge is 2.19. The molecule has 3 N–H and O–H groups in total. The maximum atomic E-state index is 12.1. The van der Waals surface area contributed by atoms with Crippen LogP contribution in [0.1, 0.15) is 44.0 Å². The van der Waals surface area contributed by atoms with Crippen LogP contribution in [0.15, 0.2) is 36.4 Å². The van der Waals surface area contributed by atoms with Gasteiger partial charge in [-0.3, -0.25) is 9.89 Å². The summed E-state index contributed by atoms with van der Waals surface area (Å²) >= 11 is 6.06. The molecule has 0 aliphatic rings. The highest BCUT2D eigenvalue weighted by atomic mass is 35.5. The molecule has 3 aromatic rings. The quantitative estimate of drug-likeness (QED) is 0.628. The summed E-state index contributed by atoms with van der Waals surface area (Å²) < 4.78 is 5.37. The second-order valence-electron chi connectivity index (χ2n) is 6.87. The van der Waals surface area contributed by atoms with Gasteiger partial charge in [0.05, 0.1) is 24.1 Å². The monoisotopic (exact) mass is 397 g/mol. The predicted molar refractivity (Wildman–Crippen MR) is 111 cm³/mol. The lowest BCUT2D eigenvalue weighted by Crippen LogP contribution is -2.15. The molecule has 0 saturated carbocycles. The third-order valence-electron chi connectivity index (χ3n) is 5.13. The average Bonchev–Trinajstić information content (AvgIpc) is 3.05. The number of rotatable bonds is 7. The molecule has 6 heteroatoms. The van der Waals surface area contributed by atoms with Crippen LogP contribution >= 0.6 is 11.6 Å². The van der Waals surface area contributed by atoms with Crippen molar-refractivity contribution in [2.24, 2.45) is 5.73 Å². The van der Waals surface area contributed by atoms with Crippen molar-refractivity contribution in [2.75, 3.05) is 7.11 Å². The Hall–Kier alpha value is -2.79. The largest absolute Gasteiger partial charge is 0.496 e. The first-order valence-electron chi connectivity index (χ1n) is 9.14. The van der Waals surface area contributed by atoms with E-state index in [4.69, 9.17) is 22.1 Å². The lowest BCUT2D eigenvalue weighted by molar-refractivity contribution is 0.0998. The third kappa shape index (κ3) is 4.20. The number of carbonyl (C=O) groups is 1. The number of amides is 1. The zero-order valence-corrected chi connectivity index (χ0v) is 17.1. The summed E-state index contributed by atoms with van der Waals surface area (Å²) in [7, 11) is 1.67. The first-order chi connectivity index (χ1) is 13.4. The Balaban J connectivity index is 1.82. The summed E-state index contributed by atoms with van der Waals surface area (Å²) in [4.78, 5) is 12.1. The minimum Gasteiger partial charge on any atom is -0.496 e.